The molecule has 0 amide bonds. The van der Waals surface area contributed by atoms with E-state index in [1.165, 1.54) is 13.2 Å². The highest BCUT2D eigenvalue weighted by molar-refractivity contribution is 9.10. The second kappa shape index (κ2) is 6.84. The zero-order valence-electron chi connectivity index (χ0n) is 12.9. The third kappa shape index (κ3) is 3.30. The van der Waals surface area contributed by atoms with Crippen molar-refractivity contribution in [2.75, 3.05) is 7.11 Å². The number of ether oxygens (including phenoxy) is 1. The van der Waals surface area contributed by atoms with Gasteiger partial charge in [0.05, 0.1) is 24.5 Å². The van der Waals surface area contributed by atoms with Crippen LogP contribution < -0.4 is 9.30 Å². The van der Waals surface area contributed by atoms with Crippen molar-refractivity contribution in [3.05, 3.63) is 80.8 Å². The maximum Gasteiger partial charge on any atom is 0.319 e. The van der Waals surface area contributed by atoms with E-state index >= 15 is 0 Å². The number of aromatic amines is 1. The van der Waals surface area contributed by atoms with E-state index in [2.05, 4.69) is 20.9 Å². The third-order valence-corrected chi connectivity index (χ3v) is 4.22. The summed E-state index contributed by atoms with van der Waals surface area (Å²) in [6.07, 6.45) is 4.18. The number of hydrogen-bond acceptors (Lipinski definition) is 3. The Kier molecular flexibility index (Phi) is 4.61. The minimum absolute atomic E-state index is 0.00370. The summed E-state index contributed by atoms with van der Waals surface area (Å²) in [5.41, 5.74) is 1.59. The van der Waals surface area contributed by atoms with Gasteiger partial charge in [-0.3, -0.25) is 10.1 Å². The molecule has 1 aromatic heterocycles. The van der Waals surface area contributed by atoms with E-state index in [-0.39, 0.29) is 5.69 Å². The molecule has 3 aromatic rings. The molecule has 0 spiro atoms. The summed E-state index contributed by atoms with van der Waals surface area (Å²) in [6, 6.07) is 12.8. The van der Waals surface area contributed by atoms with Crippen LogP contribution in [0.15, 0.2) is 59.3 Å². The molecule has 0 saturated carbocycles. The Morgan fingerprint density at radius 3 is 2.67 bits per heavy atom. The van der Waals surface area contributed by atoms with E-state index in [0.717, 1.165) is 15.9 Å². The highest BCUT2D eigenvalue weighted by atomic mass is 79.9. The van der Waals surface area contributed by atoms with Crippen LogP contribution in [-0.2, 0) is 6.42 Å². The normalized spacial score (nSPS) is 10.6. The Hall–Kier alpha value is -2.67. The number of nitro benzene ring substituents is 1. The monoisotopic (exact) mass is 388 g/mol. The lowest BCUT2D eigenvalue weighted by atomic mass is 10.1. The van der Waals surface area contributed by atoms with Crippen molar-refractivity contribution >= 4 is 21.6 Å². The summed E-state index contributed by atoms with van der Waals surface area (Å²) in [7, 11) is 1.49. The van der Waals surface area contributed by atoms with Crippen molar-refractivity contribution < 1.29 is 14.2 Å². The van der Waals surface area contributed by atoms with E-state index in [9.17, 15) is 10.1 Å². The van der Waals surface area contributed by atoms with Gasteiger partial charge in [0, 0.05) is 4.47 Å². The molecule has 0 unspecified atom stereocenters. The molecule has 3 rings (SSSR count). The first-order valence-corrected chi connectivity index (χ1v) is 8.03. The Morgan fingerprint density at radius 1 is 1.25 bits per heavy atom. The number of rotatable bonds is 5. The number of halogens is 1. The van der Waals surface area contributed by atoms with Crippen molar-refractivity contribution in [1.82, 2.24) is 4.98 Å². The largest absolute Gasteiger partial charge is 0.496 e. The SMILES string of the molecule is COc1ccc(-[n+]2cc[nH]c2Cc2ccc(Br)cc2)c([N+](=O)[O-])c1. The fourth-order valence-corrected chi connectivity index (χ4v) is 2.77. The quantitative estimate of drug-likeness (QED) is 0.412. The number of nitrogens with zero attached hydrogens (tertiary/aromatic N) is 2. The van der Waals surface area contributed by atoms with Crippen LogP contribution in [0, 0.1) is 10.1 Å². The number of methoxy groups -OCH3 is 1. The van der Waals surface area contributed by atoms with Gasteiger partial charge in [0.15, 0.2) is 0 Å². The van der Waals surface area contributed by atoms with Gasteiger partial charge in [-0.15, -0.1) is 0 Å². The molecule has 0 bridgehead atoms. The first-order valence-electron chi connectivity index (χ1n) is 7.23. The zero-order valence-corrected chi connectivity index (χ0v) is 14.5. The average molecular weight is 389 g/mol. The average Bonchev–Trinajstić information content (AvgIpc) is 3.04. The van der Waals surface area contributed by atoms with Gasteiger partial charge in [-0.2, -0.15) is 4.57 Å². The summed E-state index contributed by atoms with van der Waals surface area (Å²) < 4.78 is 7.89. The summed E-state index contributed by atoms with van der Waals surface area (Å²) in [6.45, 7) is 0. The predicted molar refractivity (Wildman–Crippen MR) is 92.5 cm³/mol. The fraction of sp³-hybridized carbons (Fsp3) is 0.118. The molecule has 6 nitrogen and oxygen atoms in total. The molecule has 1 heterocycles. The van der Waals surface area contributed by atoms with Crippen LogP contribution in [0.1, 0.15) is 11.4 Å². The highest BCUT2D eigenvalue weighted by Gasteiger charge is 2.24. The number of imidazole rings is 1. The lowest BCUT2D eigenvalue weighted by Crippen LogP contribution is -2.34. The van der Waals surface area contributed by atoms with E-state index in [0.29, 0.717) is 17.9 Å². The molecule has 0 atom stereocenters. The number of aromatic nitrogens is 2. The fourth-order valence-electron chi connectivity index (χ4n) is 2.51. The molecule has 0 aliphatic rings. The van der Waals surface area contributed by atoms with Crippen molar-refractivity contribution in [1.29, 1.82) is 0 Å². The summed E-state index contributed by atoms with van der Waals surface area (Å²) >= 11 is 3.41. The van der Waals surface area contributed by atoms with Crippen LogP contribution in [0.2, 0.25) is 0 Å². The Bertz CT molecular complexity index is 875. The molecule has 0 radical (unpaired) electrons. The molecule has 1 N–H and O–H groups in total. The van der Waals surface area contributed by atoms with E-state index in [1.807, 2.05) is 24.3 Å². The molecule has 122 valence electrons. The lowest BCUT2D eigenvalue weighted by Gasteiger charge is -2.05. The first kappa shape index (κ1) is 16.2. The van der Waals surface area contributed by atoms with Crippen LogP contribution >= 0.6 is 15.9 Å². The Labute approximate surface area is 147 Å². The van der Waals surface area contributed by atoms with Crippen molar-refractivity contribution in [2.24, 2.45) is 0 Å². The third-order valence-electron chi connectivity index (χ3n) is 3.69. The van der Waals surface area contributed by atoms with E-state index in [4.69, 9.17) is 4.74 Å². The Morgan fingerprint density at radius 2 is 2.00 bits per heavy atom. The number of nitro groups is 1. The summed E-state index contributed by atoms with van der Waals surface area (Å²) in [4.78, 5) is 14.2. The number of H-pyrrole nitrogens is 1. The Balaban J connectivity index is 2.01. The first-order chi connectivity index (χ1) is 11.6. The van der Waals surface area contributed by atoms with Gasteiger partial charge in [0.1, 0.15) is 18.1 Å². The molecule has 0 fully saturated rings. The van der Waals surface area contributed by atoms with Gasteiger partial charge in [-0.1, -0.05) is 28.1 Å². The molecule has 2 aromatic carbocycles. The second-order valence-electron chi connectivity index (χ2n) is 5.19. The summed E-state index contributed by atoms with van der Waals surface area (Å²) in [5.74, 6) is 1.31. The van der Waals surface area contributed by atoms with Crippen molar-refractivity contribution in [3.63, 3.8) is 0 Å². The maximum atomic E-state index is 11.4. The van der Waals surface area contributed by atoms with Crippen LogP contribution in [0.25, 0.3) is 5.69 Å². The molecular weight excluding hydrogens is 374 g/mol. The lowest BCUT2D eigenvalue weighted by molar-refractivity contribution is -0.607. The molecule has 0 saturated heterocycles. The zero-order chi connectivity index (χ0) is 17.1. The van der Waals surface area contributed by atoms with Crippen LogP contribution in [-0.4, -0.2) is 17.0 Å². The highest BCUT2D eigenvalue weighted by Crippen LogP contribution is 2.25. The van der Waals surface area contributed by atoms with E-state index in [1.54, 1.807) is 29.1 Å². The number of benzene rings is 2. The minimum Gasteiger partial charge on any atom is -0.496 e. The van der Waals surface area contributed by atoms with Gasteiger partial charge < -0.3 is 4.74 Å². The molecule has 7 heteroatoms. The number of hydrogen-bond donors (Lipinski definition) is 1. The van der Waals surface area contributed by atoms with Crippen molar-refractivity contribution in [3.8, 4) is 11.4 Å². The predicted octanol–water partition coefficient (Wildman–Crippen LogP) is 3.56. The second-order valence-corrected chi connectivity index (χ2v) is 6.11. The van der Waals surface area contributed by atoms with Gasteiger partial charge in [0.25, 0.3) is 5.82 Å². The smallest absolute Gasteiger partial charge is 0.319 e. The maximum absolute atomic E-state index is 11.4. The molecular formula is C17H15BrN3O3+. The van der Waals surface area contributed by atoms with E-state index < -0.39 is 4.92 Å². The van der Waals surface area contributed by atoms with Crippen molar-refractivity contribution in [2.45, 2.75) is 6.42 Å². The number of nitrogens with one attached hydrogen (secondary N) is 1. The minimum atomic E-state index is -0.402. The molecule has 0 aliphatic carbocycles. The van der Waals surface area contributed by atoms with Crippen LogP contribution in [0.5, 0.6) is 5.75 Å². The van der Waals surface area contributed by atoms with Gasteiger partial charge in [-0.25, -0.2) is 4.98 Å². The van der Waals surface area contributed by atoms with Gasteiger partial charge >= 0.3 is 5.69 Å². The van der Waals surface area contributed by atoms with Gasteiger partial charge in [-0.05, 0) is 29.8 Å². The standard InChI is InChI=1S/C17H14BrN3O3/c1-24-14-6-7-15(16(11-14)21(22)23)20-9-8-19-17(20)10-12-2-4-13(18)5-3-12/h2-9,11H,10H2,1H3/p+1. The van der Waals surface area contributed by atoms with Crippen LogP contribution in [0.4, 0.5) is 5.69 Å². The van der Waals surface area contributed by atoms with Gasteiger partial charge in [0.2, 0.25) is 5.69 Å². The topological polar surface area (TPSA) is 72.0 Å². The summed E-state index contributed by atoms with van der Waals surface area (Å²) in [5, 5.41) is 11.4. The molecule has 24 heavy (non-hydrogen) atoms. The molecule has 0 aliphatic heterocycles. The van der Waals surface area contributed by atoms with Crippen LogP contribution in [0.3, 0.4) is 0 Å².